The second-order valence-electron chi connectivity index (χ2n) is 7.26. The summed E-state index contributed by atoms with van der Waals surface area (Å²) in [6, 6.07) is 8.53. The molecule has 1 saturated heterocycles. The molecule has 1 aliphatic heterocycles. The number of rotatable bonds is 6. The number of nitrogens with zero attached hydrogens (tertiary/aromatic N) is 2. The predicted octanol–water partition coefficient (Wildman–Crippen LogP) is 5.53. The van der Waals surface area contributed by atoms with Gasteiger partial charge in [-0.05, 0) is 36.4 Å². The lowest BCUT2D eigenvalue weighted by Crippen LogP contribution is -2.51. The maximum atomic E-state index is 13.9. The summed E-state index contributed by atoms with van der Waals surface area (Å²) in [6.07, 6.45) is -3.35. The van der Waals surface area contributed by atoms with E-state index in [9.17, 15) is 18.4 Å². The van der Waals surface area contributed by atoms with E-state index in [1.165, 1.54) is 47.9 Å². The molecule has 1 heterocycles. The molecule has 1 aliphatic rings. The Morgan fingerprint density at radius 2 is 1.12 bits per heavy atom. The molecule has 0 unspecified atom stereocenters. The number of ether oxygens (including phenoxy) is 4. The van der Waals surface area contributed by atoms with E-state index < -0.39 is 36.4 Å². The first-order valence-electron chi connectivity index (χ1n) is 10.3. The number of hydrogen-bond acceptors (Lipinski definition) is 6. The van der Waals surface area contributed by atoms with Gasteiger partial charge < -0.3 is 28.7 Å². The minimum atomic E-state index is -1.02. The fourth-order valence-corrected chi connectivity index (χ4v) is 3.72. The second kappa shape index (κ2) is 11.7. The van der Waals surface area contributed by atoms with E-state index in [4.69, 9.17) is 18.9 Å². The third-order valence-electron chi connectivity index (χ3n) is 4.70. The van der Waals surface area contributed by atoms with E-state index in [0.717, 1.165) is 0 Å². The van der Waals surface area contributed by atoms with Crippen LogP contribution in [0, 0.1) is 11.6 Å². The Morgan fingerprint density at radius 1 is 0.765 bits per heavy atom. The Bertz CT molecular complexity index is 955. The van der Waals surface area contributed by atoms with Crippen LogP contribution < -0.4 is 9.47 Å². The molecule has 2 aromatic rings. The topological polar surface area (TPSA) is 77.5 Å². The van der Waals surface area contributed by atoms with Crippen molar-refractivity contribution in [1.29, 1.82) is 0 Å². The zero-order chi connectivity index (χ0) is 24.8. The summed E-state index contributed by atoms with van der Waals surface area (Å²) < 4.78 is 50.0. The highest BCUT2D eigenvalue weighted by molar-refractivity contribution is 9.10. The van der Waals surface area contributed by atoms with E-state index in [2.05, 4.69) is 31.9 Å². The maximum absolute atomic E-state index is 13.9. The second-order valence-corrected chi connectivity index (χ2v) is 9.09. The van der Waals surface area contributed by atoms with Crippen molar-refractivity contribution in [3.05, 3.63) is 57.0 Å². The van der Waals surface area contributed by atoms with E-state index in [-0.39, 0.29) is 37.7 Å². The molecule has 0 radical (unpaired) electrons. The predicted molar refractivity (Wildman–Crippen MR) is 124 cm³/mol. The summed E-state index contributed by atoms with van der Waals surface area (Å²) in [5.41, 5.74) is 0. The normalized spacial score (nSPS) is 15.4. The van der Waals surface area contributed by atoms with Crippen molar-refractivity contribution in [2.75, 3.05) is 26.2 Å². The van der Waals surface area contributed by atoms with E-state index in [1.54, 1.807) is 12.1 Å². The Balaban J connectivity index is 1.42. The van der Waals surface area contributed by atoms with Crippen LogP contribution in [-0.2, 0) is 9.47 Å². The number of benzene rings is 2. The zero-order valence-corrected chi connectivity index (χ0v) is 21.5. The van der Waals surface area contributed by atoms with Gasteiger partial charge in [0.1, 0.15) is 0 Å². The van der Waals surface area contributed by atoms with E-state index in [1.807, 2.05) is 0 Å². The van der Waals surface area contributed by atoms with Crippen molar-refractivity contribution in [3.8, 4) is 11.5 Å². The summed E-state index contributed by atoms with van der Waals surface area (Å²) in [5.74, 6) is -1.28. The van der Waals surface area contributed by atoms with Gasteiger partial charge in [0.15, 0.2) is 23.1 Å². The molecule has 0 N–H and O–H groups in total. The molecule has 1 fully saturated rings. The van der Waals surface area contributed by atoms with Gasteiger partial charge in [0.25, 0.3) is 0 Å². The summed E-state index contributed by atoms with van der Waals surface area (Å²) >= 11 is 6.31. The third kappa shape index (κ3) is 7.20. The van der Waals surface area contributed by atoms with Crippen molar-refractivity contribution in [1.82, 2.24) is 9.80 Å². The molecule has 2 atom stereocenters. The minimum absolute atomic E-state index is 0.0459. The smallest absolute Gasteiger partial charge is 0.412 e. The maximum Gasteiger partial charge on any atom is 0.412 e. The number of halogens is 4. The van der Waals surface area contributed by atoms with E-state index in [0.29, 0.717) is 8.95 Å². The van der Waals surface area contributed by atoms with Gasteiger partial charge in [0.2, 0.25) is 12.6 Å². The van der Waals surface area contributed by atoms with Crippen LogP contribution in [0.1, 0.15) is 13.8 Å². The summed E-state index contributed by atoms with van der Waals surface area (Å²) in [6.45, 7) is 3.74. The summed E-state index contributed by atoms with van der Waals surface area (Å²) in [5, 5.41) is 0. The van der Waals surface area contributed by atoms with Gasteiger partial charge in [-0.15, -0.1) is 0 Å². The lowest BCUT2D eigenvalue weighted by molar-refractivity contribution is -0.0494. The van der Waals surface area contributed by atoms with Crippen molar-refractivity contribution in [3.63, 3.8) is 0 Å². The first kappa shape index (κ1) is 26.0. The van der Waals surface area contributed by atoms with Crippen molar-refractivity contribution >= 4 is 44.0 Å². The average Bonchev–Trinajstić information content (AvgIpc) is 2.77. The number of carbonyl (C=O) groups is 2. The van der Waals surface area contributed by atoms with Gasteiger partial charge in [0.05, 0.1) is 0 Å². The van der Waals surface area contributed by atoms with Crippen molar-refractivity contribution in [2.24, 2.45) is 0 Å². The molecule has 0 aromatic heterocycles. The van der Waals surface area contributed by atoms with E-state index >= 15 is 0 Å². The van der Waals surface area contributed by atoms with Gasteiger partial charge in [-0.2, -0.15) is 0 Å². The number of carbonyl (C=O) groups excluding carboxylic acids is 2. The molecule has 184 valence electrons. The quantitative estimate of drug-likeness (QED) is 0.402. The number of hydrogen-bond donors (Lipinski definition) is 0. The monoisotopic (exact) mass is 606 g/mol. The Labute approximate surface area is 211 Å². The first-order chi connectivity index (χ1) is 16.1. The van der Waals surface area contributed by atoms with Gasteiger partial charge in [-0.3, -0.25) is 0 Å². The molecule has 12 heteroatoms. The van der Waals surface area contributed by atoms with Gasteiger partial charge in [-0.1, -0.05) is 31.9 Å². The van der Waals surface area contributed by atoms with Gasteiger partial charge in [-0.25, -0.2) is 18.4 Å². The zero-order valence-electron chi connectivity index (χ0n) is 18.3. The molecule has 2 amide bonds. The Hall–Kier alpha value is -2.60. The largest absolute Gasteiger partial charge is 0.452 e. The molecule has 0 aliphatic carbocycles. The standard InChI is InChI=1S/C22H22Br2F2N2O6/c1-13(31-19-5-3-15(23)11-17(19)25)33-21(29)27-7-9-28(10-8-27)22(30)34-14(2)32-20-6-4-16(24)12-18(20)26/h3-6,11-14H,7-10H2,1-2H3/t13-,14-/m1/s1. The highest BCUT2D eigenvalue weighted by atomic mass is 79.9. The van der Waals surface area contributed by atoms with Gasteiger partial charge >= 0.3 is 12.2 Å². The first-order valence-corrected chi connectivity index (χ1v) is 11.9. The van der Waals surface area contributed by atoms with Crippen LogP contribution in [0.4, 0.5) is 18.4 Å². The molecule has 0 spiro atoms. The molecule has 0 saturated carbocycles. The summed E-state index contributed by atoms with van der Waals surface area (Å²) in [4.78, 5) is 27.6. The molecule has 8 nitrogen and oxygen atoms in total. The van der Waals surface area contributed by atoms with Gasteiger partial charge in [0, 0.05) is 49.0 Å². The molecular weight excluding hydrogens is 586 g/mol. The van der Waals surface area contributed by atoms with Crippen molar-refractivity contribution < 1.29 is 37.3 Å². The lowest BCUT2D eigenvalue weighted by atomic mass is 10.3. The van der Waals surface area contributed by atoms with Crippen LogP contribution in [0.25, 0.3) is 0 Å². The number of piperazine rings is 1. The molecule has 0 bridgehead atoms. The van der Waals surface area contributed by atoms with Crippen LogP contribution in [0.5, 0.6) is 11.5 Å². The van der Waals surface area contributed by atoms with Crippen molar-refractivity contribution in [2.45, 2.75) is 26.4 Å². The lowest BCUT2D eigenvalue weighted by Gasteiger charge is -2.34. The highest BCUT2D eigenvalue weighted by Gasteiger charge is 2.28. The minimum Gasteiger partial charge on any atom is -0.452 e. The molecule has 34 heavy (non-hydrogen) atoms. The SMILES string of the molecule is C[C@@H](OC(=O)N1CCN(C(=O)O[C@H](C)Oc2ccc(Br)cc2F)CC1)Oc1ccc(Br)cc1F. The van der Waals surface area contributed by atoms with Crippen LogP contribution in [0.3, 0.4) is 0 Å². The fraction of sp³-hybridized carbons (Fsp3) is 0.364. The highest BCUT2D eigenvalue weighted by Crippen LogP contribution is 2.24. The number of amides is 2. The third-order valence-corrected chi connectivity index (χ3v) is 5.69. The van der Waals surface area contributed by atoms with Crippen LogP contribution in [0.2, 0.25) is 0 Å². The average molecular weight is 608 g/mol. The molecule has 2 aromatic carbocycles. The summed E-state index contributed by atoms with van der Waals surface area (Å²) in [7, 11) is 0. The molecular formula is C22H22Br2F2N2O6. The Morgan fingerprint density at radius 3 is 1.44 bits per heavy atom. The van der Waals surface area contributed by atoms with Crippen LogP contribution in [-0.4, -0.2) is 60.7 Å². The fourth-order valence-electron chi connectivity index (χ4n) is 3.05. The molecule has 3 rings (SSSR count). The van der Waals surface area contributed by atoms with Crippen LogP contribution >= 0.6 is 31.9 Å². The van der Waals surface area contributed by atoms with Crippen LogP contribution in [0.15, 0.2) is 45.3 Å². The Kier molecular flexibility index (Phi) is 8.95.